The van der Waals surface area contributed by atoms with Gasteiger partial charge in [0, 0.05) is 44.5 Å². The Morgan fingerprint density at radius 3 is 1.10 bits per heavy atom. The Balaban J connectivity index is 1.35. The van der Waals surface area contributed by atoms with Crippen molar-refractivity contribution < 1.29 is 26.3 Å². The fraction of sp³-hybridized carbons (Fsp3) is 0. The minimum Gasteiger partial charge on any atom is -0.268 e. The van der Waals surface area contributed by atoms with Crippen molar-refractivity contribution in [2.24, 2.45) is 0 Å². The lowest BCUT2D eigenvalue weighted by Gasteiger charge is -2.18. The second-order valence-corrected chi connectivity index (χ2v) is 12.0. The van der Waals surface area contributed by atoms with Crippen molar-refractivity contribution in [2.45, 2.75) is 0 Å². The molecule has 0 amide bonds. The van der Waals surface area contributed by atoms with Gasteiger partial charge in [-0.3, -0.25) is 18.4 Å². The first-order chi connectivity index (χ1) is 23.2. The number of halogens is 6. The molecule has 48 heavy (non-hydrogen) atoms. The Kier molecular flexibility index (Phi) is 4.29. The fourth-order valence-corrected chi connectivity index (χ4v) is 7.90. The smallest absolute Gasteiger partial charge is 0.264 e. The molecular formula is C36H10F6N4O2. The largest absolute Gasteiger partial charge is 0.268 e. The zero-order valence-electron chi connectivity index (χ0n) is 23.6. The molecule has 11 aromatic rings. The van der Waals surface area contributed by atoms with E-state index >= 15 is 8.78 Å². The standard InChI is InChI=1S/C36H10F6N4O2/c37-19-9-21-31(29(41)27(19)39)45-33(43-21)15-5-1-11-12-2-6-16-26-18(36(48)46-32-22(44-34(16)46)10-20(38)28(40)30(32)42)8-4-14(24(12)26)13-3-7-17(35(45)47)25(15)23(11)13/h1-10H. The van der Waals surface area contributed by atoms with Gasteiger partial charge >= 0.3 is 0 Å². The highest BCUT2D eigenvalue weighted by molar-refractivity contribution is 6.40. The molecular weight excluding hydrogens is 634 g/mol. The molecule has 4 aromatic heterocycles. The molecule has 12 heteroatoms. The third-order valence-electron chi connectivity index (χ3n) is 9.81. The van der Waals surface area contributed by atoms with Crippen molar-refractivity contribution in [3.63, 3.8) is 0 Å². The third kappa shape index (κ3) is 2.65. The molecule has 0 bridgehead atoms. The molecule has 0 fully saturated rings. The summed E-state index contributed by atoms with van der Waals surface area (Å²) in [5, 5.41) is 6.61. The second kappa shape index (κ2) is 7.97. The van der Waals surface area contributed by atoms with Gasteiger partial charge in [0.05, 0.1) is 11.0 Å². The third-order valence-corrected chi connectivity index (χ3v) is 9.81. The molecule has 0 spiro atoms. The van der Waals surface area contributed by atoms with E-state index in [1.54, 1.807) is 48.5 Å². The maximum atomic E-state index is 15.0. The summed E-state index contributed by atoms with van der Waals surface area (Å²) in [6.07, 6.45) is 0. The van der Waals surface area contributed by atoms with Crippen LogP contribution in [0.15, 0.2) is 70.3 Å². The first-order valence-electron chi connectivity index (χ1n) is 14.6. The molecule has 0 N–H and O–H groups in total. The van der Waals surface area contributed by atoms with Crippen LogP contribution in [-0.2, 0) is 0 Å². The van der Waals surface area contributed by atoms with E-state index in [0.717, 1.165) is 20.9 Å². The Labute approximate surface area is 259 Å². The predicted octanol–water partition coefficient (Wildman–Crippen LogP) is 8.08. The van der Waals surface area contributed by atoms with E-state index in [0.29, 0.717) is 53.9 Å². The molecule has 11 rings (SSSR count). The second-order valence-electron chi connectivity index (χ2n) is 12.0. The Morgan fingerprint density at radius 2 is 0.729 bits per heavy atom. The normalized spacial score (nSPS) is 13.0. The molecule has 6 nitrogen and oxygen atoms in total. The van der Waals surface area contributed by atoms with Gasteiger partial charge in [0.1, 0.15) is 22.3 Å². The van der Waals surface area contributed by atoms with E-state index in [9.17, 15) is 27.2 Å². The van der Waals surface area contributed by atoms with Crippen molar-refractivity contribution in [3.05, 3.63) is 116 Å². The van der Waals surface area contributed by atoms with Gasteiger partial charge in [-0.15, -0.1) is 0 Å². The molecule has 228 valence electrons. The first kappa shape index (κ1) is 25.8. The molecule has 0 saturated carbocycles. The van der Waals surface area contributed by atoms with E-state index in [-0.39, 0.29) is 33.1 Å². The molecule has 0 radical (unpaired) electrons. The number of pyridine rings is 2. The van der Waals surface area contributed by atoms with Crippen LogP contribution in [0.2, 0.25) is 0 Å². The van der Waals surface area contributed by atoms with Crippen LogP contribution in [0, 0.1) is 34.9 Å². The van der Waals surface area contributed by atoms with Crippen molar-refractivity contribution in [1.82, 2.24) is 18.8 Å². The van der Waals surface area contributed by atoms with Gasteiger partial charge in [0.15, 0.2) is 34.9 Å². The number of fused-ring (bicyclic) bond motifs is 10. The molecule has 0 aliphatic carbocycles. The quantitative estimate of drug-likeness (QED) is 0.0725. The van der Waals surface area contributed by atoms with Crippen LogP contribution in [0.1, 0.15) is 0 Å². The molecule has 7 aromatic carbocycles. The molecule has 0 unspecified atom stereocenters. The number of aromatic nitrogens is 4. The van der Waals surface area contributed by atoms with Crippen molar-refractivity contribution >= 4 is 98.0 Å². The van der Waals surface area contributed by atoms with E-state index in [2.05, 4.69) is 9.97 Å². The number of imidazole rings is 2. The van der Waals surface area contributed by atoms with Gasteiger partial charge in [-0.1, -0.05) is 24.3 Å². The van der Waals surface area contributed by atoms with Crippen LogP contribution >= 0.6 is 0 Å². The first-order valence-corrected chi connectivity index (χ1v) is 14.6. The zero-order chi connectivity index (χ0) is 32.7. The van der Waals surface area contributed by atoms with Crippen LogP contribution in [-0.4, -0.2) is 18.8 Å². The van der Waals surface area contributed by atoms with Crippen molar-refractivity contribution in [2.75, 3.05) is 0 Å². The number of hydrogen-bond donors (Lipinski definition) is 0. The summed E-state index contributed by atoms with van der Waals surface area (Å²) in [5.74, 6) is -9.28. The SMILES string of the molecule is O=c1c2ccc3c4ccc5c(=O)n6c(nc7cc(F)c(F)c(F)c76)c6ccc(c7ccc(c2c37)c2nc3cc(F)c(F)c(F)c3n12)c4c56. The molecule has 4 heterocycles. The Morgan fingerprint density at radius 1 is 0.417 bits per heavy atom. The number of benzene rings is 7. The van der Waals surface area contributed by atoms with Gasteiger partial charge in [0.2, 0.25) is 0 Å². The van der Waals surface area contributed by atoms with Crippen LogP contribution in [0.3, 0.4) is 0 Å². The lowest BCUT2D eigenvalue weighted by Crippen LogP contribution is -2.15. The Bertz CT molecular complexity index is 3220. The predicted molar refractivity (Wildman–Crippen MR) is 170 cm³/mol. The Hall–Kier alpha value is -6.30. The average molecular weight is 644 g/mol. The minimum atomic E-state index is -1.70. The summed E-state index contributed by atoms with van der Waals surface area (Å²) >= 11 is 0. The topological polar surface area (TPSA) is 68.7 Å². The highest BCUT2D eigenvalue weighted by Gasteiger charge is 2.27. The van der Waals surface area contributed by atoms with Crippen LogP contribution in [0.5, 0.6) is 0 Å². The maximum Gasteiger partial charge on any atom is 0.264 e. The van der Waals surface area contributed by atoms with Crippen LogP contribution in [0.25, 0.3) is 98.0 Å². The number of nitrogens with zero attached hydrogens (tertiary/aromatic N) is 4. The summed E-state index contributed by atoms with van der Waals surface area (Å²) in [7, 11) is 0. The summed E-state index contributed by atoms with van der Waals surface area (Å²) in [6, 6.07) is 15.1. The summed E-state index contributed by atoms with van der Waals surface area (Å²) in [4.78, 5) is 36.6. The number of hydrogen-bond acceptors (Lipinski definition) is 4. The zero-order valence-corrected chi connectivity index (χ0v) is 23.6. The van der Waals surface area contributed by atoms with E-state index < -0.39 is 57.1 Å². The molecule has 0 atom stereocenters. The number of rotatable bonds is 0. The maximum absolute atomic E-state index is 15.0. The van der Waals surface area contributed by atoms with E-state index in [1.807, 2.05) is 0 Å². The van der Waals surface area contributed by atoms with Crippen molar-refractivity contribution in [3.8, 4) is 0 Å². The lowest BCUT2D eigenvalue weighted by atomic mass is 9.86. The average Bonchev–Trinajstić information content (AvgIpc) is 3.66. The van der Waals surface area contributed by atoms with Gasteiger partial charge in [-0.25, -0.2) is 36.3 Å². The summed E-state index contributed by atoms with van der Waals surface area (Å²) in [5.41, 5.74) is -2.58. The van der Waals surface area contributed by atoms with Gasteiger partial charge < -0.3 is 0 Å². The van der Waals surface area contributed by atoms with E-state index in [4.69, 9.17) is 0 Å². The molecule has 0 aliphatic heterocycles. The van der Waals surface area contributed by atoms with Gasteiger partial charge in [-0.2, -0.15) is 0 Å². The molecule has 0 aliphatic rings. The summed E-state index contributed by atoms with van der Waals surface area (Å²) in [6.45, 7) is 0. The van der Waals surface area contributed by atoms with Crippen LogP contribution < -0.4 is 11.1 Å². The molecule has 0 saturated heterocycles. The minimum absolute atomic E-state index is 0.0377. The highest BCUT2D eigenvalue weighted by atomic mass is 19.2. The van der Waals surface area contributed by atoms with Gasteiger partial charge in [0.25, 0.3) is 11.1 Å². The summed E-state index contributed by atoms with van der Waals surface area (Å²) < 4.78 is 88.9. The lowest BCUT2D eigenvalue weighted by molar-refractivity contribution is 0.452. The fourth-order valence-electron chi connectivity index (χ4n) is 7.90. The monoisotopic (exact) mass is 644 g/mol. The van der Waals surface area contributed by atoms with E-state index in [1.165, 1.54) is 0 Å². The van der Waals surface area contributed by atoms with Crippen molar-refractivity contribution in [1.29, 1.82) is 0 Å². The van der Waals surface area contributed by atoms with Crippen LogP contribution in [0.4, 0.5) is 26.3 Å². The van der Waals surface area contributed by atoms with Gasteiger partial charge in [-0.05, 0) is 56.6 Å². The highest BCUT2D eigenvalue weighted by Crippen LogP contribution is 2.46.